The number of benzene rings is 2. The van der Waals surface area contributed by atoms with Crippen LogP contribution in [0, 0.1) is 11.6 Å². The van der Waals surface area contributed by atoms with Crippen molar-refractivity contribution < 1.29 is 18.3 Å². The Bertz CT molecular complexity index is 783. The number of nitrogens with zero attached hydrogens (tertiary/aromatic N) is 1. The molecule has 0 N–H and O–H groups in total. The van der Waals surface area contributed by atoms with Gasteiger partial charge in [0.05, 0.1) is 10.2 Å². The van der Waals surface area contributed by atoms with Gasteiger partial charge in [0.25, 0.3) is 0 Å². The van der Waals surface area contributed by atoms with E-state index < -0.39 is 17.7 Å². The first-order valence-corrected chi connectivity index (χ1v) is 8.98. The van der Waals surface area contributed by atoms with Crippen molar-refractivity contribution in [3.63, 3.8) is 0 Å². The van der Waals surface area contributed by atoms with Crippen molar-refractivity contribution in [3.8, 4) is 0 Å². The highest BCUT2D eigenvalue weighted by Gasteiger charge is 2.34. The lowest BCUT2D eigenvalue weighted by atomic mass is 9.94. The highest BCUT2D eigenvalue weighted by atomic mass is 79.9. The van der Waals surface area contributed by atoms with Crippen molar-refractivity contribution in [2.24, 2.45) is 0 Å². The normalized spacial score (nSPS) is 16.5. The average molecular weight is 410 g/mol. The number of aryl methyl sites for hydroxylation is 1. The van der Waals surface area contributed by atoms with E-state index in [1.807, 2.05) is 37.3 Å². The second-order valence-corrected chi connectivity index (χ2v) is 6.80. The van der Waals surface area contributed by atoms with E-state index >= 15 is 0 Å². The molecule has 25 heavy (non-hydrogen) atoms. The second-order valence-electron chi connectivity index (χ2n) is 6.01. The number of ether oxygens (including phenoxy) is 1. The summed E-state index contributed by atoms with van der Waals surface area (Å²) in [6.07, 6.45) is 1.42. The molecule has 132 valence electrons. The summed E-state index contributed by atoms with van der Waals surface area (Å²) in [5.74, 6) is -1.91. The Morgan fingerprint density at radius 2 is 2.04 bits per heavy atom. The number of hydrogen-bond acceptors (Lipinski definition) is 2. The zero-order chi connectivity index (χ0) is 18.0. The molecule has 3 nitrogen and oxygen atoms in total. The molecule has 1 aliphatic heterocycles. The molecule has 6 heteroatoms. The van der Waals surface area contributed by atoms with Crippen molar-refractivity contribution in [1.82, 2.24) is 0 Å². The van der Waals surface area contributed by atoms with E-state index in [9.17, 15) is 13.6 Å². The topological polar surface area (TPSA) is 29.5 Å². The molecule has 0 saturated carbocycles. The van der Waals surface area contributed by atoms with Crippen molar-refractivity contribution in [1.29, 1.82) is 0 Å². The van der Waals surface area contributed by atoms with Gasteiger partial charge in [0.1, 0.15) is 6.61 Å². The second kappa shape index (κ2) is 7.52. The van der Waals surface area contributed by atoms with Gasteiger partial charge in [-0.1, -0.05) is 37.3 Å². The Morgan fingerprint density at radius 3 is 2.72 bits per heavy atom. The lowest BCUT2D eigenvalue weighted by Gasteiger charge is -2.36. The van der Waals surface area contributed by atoms with Gasteiger partial charge >= 0.3 is 6.09 Å². The van der Waals surface area contributed by atoms with E-state index in [-0.39, 0.29) is 17.1 Å². The molecule has 3 rings (SSSR count). The van der Waals surface area contributed by atoms with E-state index in [1.165, 1.54) is 11.0 Å². The van der Waals surface area contributed by atoms with Gasteiger partial charge in [0, 0.05) is 6.04 Å². The molecule has 1 aliphatic rings. The molecule has 1 amide bonds. The molecular formula is C19H18BrF2NO2. The summed E-state index contributed by atoms with van der Waals surface area (Å²) < 4.78 is 33.1. The zero-order valence-corrected chi connectivity index (χ0v) is 15.4. The standard InChI is InChI=1S/C19H18BrF2NO2/c1-2-14-9-8-13-10-15(21)17(22)16(20)18(13)23(14)19(24)25-11-12-6-4-3-5-7-12/h3-7,10,14H,2,8-9,11H2,1H3. The highest BCUT2D eigenvalue weighted by molar-refractivity contribution is 9.10. The predicted molar refractivity (Wildman–Crippen MR) is 95.6 cm³/mol. The van der Waals surface area contributed by atoms with Crippen LogP contribution in [-0.4, -0.2) is 12.1 Å². The maximum absolute atomic E-state index is 14.0. The van der Waals surface area contributed by atoms with Gasteiger partial charge < -0.3 is 4.74 Å². The summed E-state index contributed by atoms with van der Waals surface area (Å²) in [5, 5.41) is 0. The minimum atomic E-state index is -0.989. The van der Waals surface area contributed by atoms with Crippen LogP contribution in [0.15, 0.2) is 40.9 Å². The third-order valence-corrected chi connectivity index (χ3v) is 5.17. The molecule has 0 fully saturated rings. The van der Waals surface area contributed by atoms with E-state index in [0.717, 1.165) is 5.56 Å². The minimum absolute atomic E-state index is 0.0303. The quantitative estimate of drug-likeness (QED) is 0.617. The van der Waals surface area contributed by atoms with Crippen LogP contribution < -0.4 is 4.90 Å². The smallest absolute Gasteiger partial charge is 0.414 e. The minimum Gasteiger partial charge on any atom is -0.444 e. The Balaban J connectivity index is 1.91. The SMILES string of the molecule is CCC1CCc2cc(F)c(F)c(Br)c2N1C(=O)OCc1ccccc1. The number of anilines is 1. The molecule has 0 aliphatic carbocycles. The summed E-state index contributed by atoms with van der Waals surface area (Å²) in [4.78, 5) is 14.2. The van der Waals surface area contributed by atoms with Crippen molar-refractivity contribution in [3.05, 3.63) is 63.6 Å². The Kier molecular flexibility index (Phi) is 5.37. The van der Waals surface area contributed by atoms with Crippen molar-refractivity contribution >= 4 is 27.7 Å². The van der Waals surface area contributed by atoms with E-state index in [2.05, 4.69) is 15.9 Å². The van der Waals surface area contributed by atoms with Gasteiger partial charge in [0.2, 0.25) is 0 Å². The zero-order valence-electron chi connectivity index (χ0n) is 13.8. The first-order valence-electron chi connectivity index (χ1n) is 8.19. The van der Waals surface area contributed by atoms with E-state index in [4.69, 9.17) is 4.74 Å². The molecule has 0 aromatic heterocycles. The van der Waals surface area contributed by atoms with Gasteiger partial charge in [-0.2, -0.15) is 0 Å². The third-order valence-electron chi connectivity index (χ3n) is 4.44. The molecule has 0 radical (unpaired) electrons. The van der Waals surface area contributed by atoms with E-state index in [0.29, 0.717) is 30.5 Å². The van der Waals surface area contributed by atoms with Gasteiger partial charge in [-0.25, -0.2) is 13.6 Å². The van der Waals surface area contributed by atoms with Crippen LogP contribution in [0.5, 0.6) is 0 Å². The number of rotatable bonds is 3. The van der Waals surface area contributed by atoms with Gasteiger partial charge in [-0.3, -0.25) is 4.90 Å². The molecule has 0 spiro atoms. The van der Waals surface area contributed by atoms with Crippen LogP contribution in [0.4, 0.5) is 19.3 Å². The summed E-state index contributed by atoms with van der Waals surface area (Å²) in [6.45, 7) is 2.09. The fourth-order valence-corrected chi connectivity index (χ4v) is 3.77. The Labute approximate surface area is 153 Å². The molecular weight excluding hydrogens is 392 g/mol. The largest absolute Gasteiger partial charge is 0.444 e. The van der Waals surface area contributed by atoms with Gasteiger partial charge in [-0.15, -0.1) is 0 Å². The number of amides is 1. The summed E-state index contributed by atoms with van der Waals surface area (Å²) in [6, 6.07) is 10.4. The van der Waals surface area contributed by atoms with Crippen LogP contribution in [0.1, 0.15) is 30.9 Å². The van der Waals surface area contributed by atoms with Crippen molar-refractivity contribution in [2.45, 2.75) is 38.8 Å². The lowest BCUT2D eigenvalue weighted by Crippen LogP contribution is -2.44. The lowest BCUT2D eigenvalue weighted by molar-refractivity contribution is 0.143. The predicted octanol–water partition coefficient (Wildman–Crippen LogP) is 5.60. The number of halogens is 3. The molecule has 0 bridgehead atoms. The van der Waals surface area contributed by atoms with Crippen LogP contribution in [-0.2, 0) is 17.8 Å². The first kappa shape index (κ1) is 17.9. The summed E-state index contributed by atoms with van der Waals surface area (Å²) in [5.41, 5.74) is 1.84. The molecule has 2 aromatic carbocycles. The fraction of sp³-hybridized carbons (Fsp3) is 0.316. The fourth-order valence-electron chi connectivity index (χ4n) is 3.14. The summed E-state index contributed by atoms with van der Waals surface area (Å²) >= 11 is 3.11. The molecule has 0 saturated heterocycles. The number of carbonyl (C=O) groups is 1. The maximum Gasteiger partial charge on any atom is 0.414 e. The third kappa shape index (κ3) is 3.54. The Morgan fingerprint density at radius 1 is 1.32 bits per heavy atom. The van der Waals surface area contributed by atoms with Gasteiger partial charge in [-0.05, 0) is 52.4 Å². The molecule has 1 unspecified atom stereocenters. The van der Waals surface area contributed by atoms with Crippen LogP contribution in [0.2, 0.25) is 0 Å². The highest BCUT2D eigenvalue weighted by Crippen LogP contribution is 2.40. The number of fused-ring (bicyclic) bond motifs is 1. The number of carbonyl (C=O) groups excluding carboxylic acids is 1. The molecule has 1 heterocycles. The van der Waals surface area contributed by atoms with Gasteiger partial charge in [0.15, 0.2) is 11.6 Å². The number of hydrogen-bond donors (Lipinski definition) is 0. The molecule has 2 aromatic rings. The Hall–Kier alpha value is -1.95. The van der Waals surface area contributed by atoms with Crippen LogP contribution in [0.3, 0.4) is 0 Å². The van der Waals surface area contributed by atoms with E-state index in [1.54, 1.807) is 0 Å². The van der Waals surface area contributed by atoms with Crippen LogP contribution >= 0.6 is 15.9 Å². The summed E-state index contributed by atoms with van der Waals surface area (Å²) in [7, 11) is 0. The van der Waals surface area contributed by atoms with Crippen molar-refractivity contribution in [2.75, 3.05) is 4.90 Å². The van der Waals surface area contributed by atoms with Crippen LogP contribution in [0.25, 0.3) is 0 Å². The maximum atomic E-state index is 14.0. The monoisotopic (exact) mass is 409 g/mol. The first-order chi connectivity index (χ1) is 12.0. The average Bonchev–Trinajstić information content (AvgIpc) is 2.64. The molecule has 1 atom stereocenters.